The van der Waals surface area contributed by atoms with E-state index in [0.717, 1.165) is 72.3 Å². The van der Waals surface area contributed by atoms with Gasteiger partial charge in [-0.3, -0.25) is 9.69 Å². The highest BCUT2D eigenvalue weighted by Gasteiger charge is 2.13. The van der Waals surface area contributed by atoms with Gasteiger partial charge in [-0.1, -0.05) is 12.1 Å². The van der Waals surface area contributed by atoms with Gasteiger partial charge >= 0.3 is 0 Å². The van der Waals surface area contributed by atoms with Crippen LogP contribution in [0.15, 0.2) is 60.0 Å². The van der Waals surface area contributed by atoms with Gasteiger partial charge in [-0.25, -0.2) is 9.97 Å². The van der Waals surface area contributed by atoms with E-state index in [2.05, 4.69) is 15.5 Å². The molecule has 1 aliphatic rings. The zero-order chi connectivity index (χ0) is 24.7. The highest BCUT2D eigenvalue weighted by atomic mass is 32.1. The first kappa shape index (κ1) is 24.2. The van der Waals surface area contributed by atoms with Crippen molar-refractivity contribution in [2.24, 2.45) is 0 Å². The molecule has 2 aromatic carbocycles. The lowest BCUT2D eigenvalue weighted by Gasteiger charge is -2.26. The maximum atomic E-state index is 11.8. The number of carbonyl (C=O) groups excluding carboxylic acids is 1. The van der Waals surface area contributed by atoms with Gasteiger partial charge in [0.15, 0.2) is 11.6 Å². The van der Waals surface area contributed by atoms with Gasteiger partial charge in [-0.2, -0.15) is 0 Å². The molecule has 0 saturated carbocycles. The van der Waals surface area contributed by atoms with E-state index in [9.17, 15) is 4.79 Å². The van der Waals surface area contributed by atoms with Crippen molar-refractivity contribution < 1.29 is 14.3 Å². The Hall–Kier alpha value is -3.53. The summed E-state index contributed by atoms with van der Waals surface area (Å²) < 4.78 is 12.4. The van der Waals surface area contributed by atoms with Crippen molar-refractivity contribution >= 4 is 39.0 Å². The Morgan fingerprint density at radius 3 is 2.75 bits per heavy atom. The lowest BCUT2D eigenvalue weighted by Crippen LogP contribution is -2.37. The number of amides is 1. The molecule has 9 heteroatoms. The average Bonchev–Trinajstić information content (AvgIpc) is 3.41. The molecular formula is C27H29N5O3S. The lowest BCUT2D eigenvalue weighted by atomic mass is 10.2. The fraction of sp³-hybridized carbons (Fsp3) is 0.296. The van der Waals surface area contributed by atoms with E-state index in [1.54, 1.807) is 30.5 Å². The van der Waals surface area contributed by atoms with Crippen LogP contribution >= 0.6 is 11.3 Å². The summed E-state index contributed by atoms with van der Waals surface area (Å²) in [5, 5.41) is 8.05. The van der Waals surface area contributed by atoms with Crippen LogP contribution in [0.5, 0.6) is 5.75 Å². The highest BCUT2D eigenvalue weighted by Crippen LogP contribution is 2.32. The van der Waals surface area contributed by atoms with E-state index in [4.69, 9.17) is 19.4 Å². The number of nitrogens with one attached hydrogen (secondary N) is 2. The number of carbonyl (C=O) groups is 1. The number of anilines is 2. The van der Waals surface area contributed by atoms with Crippen molar-refractivity contribution in [1.82, 2.24) is 20.2 Å². The van der Waals surface area contributed by atoms with Crippen molar-refractivity contribution in [3.63, 3.8) is 0 Å². The monoisotopic (exact) mass is 503 g/mol. The van der Waals surface area contributed by atoms with Crippen LogP contribution < -0.4 is 15.4 Å². The number of thiophene rings is 1. The zero-order valence-electron chi connectivity index (χ0n) is 20.2. The number of nitrogens with zero attached hydrogens (tertiary/aromatic N) is 3. The molecule has 1 fully saturated rings. The van der Waals surface area contributed by atoms with Crippen molar-refractivity contribution in [3.8, 4) is 17.1 Å². The maximum absolute atomic E-state index is 11.8. The Labute approximate surface area is 214 Å². The average molecular weight is 504 g/mol. The summed E-state index contributed by atoms with van der Waals surface area (Å²) in [6, 6.07) is 17.2. The topological polar surface area (TPSA) is 88.6 Å². The molecule has 2 N–H and O–H groups in total. The van der Waals surface area contributed by atoms with Crippen molar-refractivity contribution in [2.75, 3.05) is 51.8 Å². The number of fused-ring (bicyclic) bond motifs is 1. The van der Waals surface area contributed by atoms with Gasteiger partial charge in [0.05, 0.1) is 30.0 Å². The summed E-state index contributed by atoms with van der Waals surface area (Å²) in [6.07, 6.45) is 0.967. The Morgan fingerprint density at radius 1 is 1.11 bits per heavy atom. The summed E-state index contributed by atoms with van der Waals surface area (Å²) in [5.74, 6) is 2.05. The molecule has 36 heavy (non-hydrogen) atoms. The molecule has 0 unspecified atom stereocenters. The summed E-state index contributed by atoms with van der Waals surface area (Å²) in [7, 11) is 1.62. The summed E-state index contributed by atoms with van der Waals surface area (Å²) in [4.78, 5) is 23.9. The van der Waals surface area contributed by atoms with E-state index in [-0.39, 0.29) is 5.91 Å². The number of morpholine rings is 1. The first-order chi connectivity index (χ1) is 17.7. The fourth-order valence-corrected chi connectivity index (χ4v) is 4.87. The second-order valence-electron chi connectivity index (χ2n) is 8.50. The van der Waals surface area contributed by atoms with Crippen LogP contribution in [0.2, 0.25) is 0 Å². The second kappa shape index (κ2) is 11.5. The Balaban J connectivity index is 1.30. The predicted octanol–water partition coefficient (Wildman–Crippen LogP) is 4.56. The van der Waals surface area contributed by atoms with Gasteiger partial charge in [0.2, 0.25) is 0 Å². The minimum atomic E-state index is -0.116. The molecule has 2 aromatic heterocycles. The molecule has 8 nitrogen and oxygen atoms in total. The molecule has 0 atom stereocenters. The molecule has 186 valence electrons. The molecule has 1 amide bonds. The minimum absolute atomic E-state index is 0.116. The Bertz CT molecular complexity index is 1320. The molecule has 3 heterocycles. The third-order valence-corrected chi connectivity index (χ3v) is 6.93. The molecule has 1 aliphatic heterocycles. The van der Waals surface area contributed by atoms with E-state index in [1.807, 2.05) is 47.8 Å². The van der Waals surface area contributed by atoms with Crippen LogP contribution in [0.1, 0.15) is 16.8 Å². The van der Waals surface area contributed by atoms with E-state index >= 15 is 0 Å². The number of hydrogen-bond donors (Lipinski definition) is 2. The van der Waals surface area contributed by atoms with Crippen molar-refractivity contribution in [2.45, 2.75) is 6.42 Å². The van der Waals surface area contributed by atoms with Crippen LogP contribution in [0, 0.1) is 0 Å². The minimum Gasteiger partial charge on any atom is -0.494 e. The van der Waals surface area contributed by atoms with E-state index in [1.165, 1.54) is 0 Å². The molecule has 5 rings (SSSR count). The van der Waals surface area contributed by atoms with Crippen LogP contribution in [0.4, 0.5) is 11.5 Å². The lowest BCUT2D eigenvalue weighted by molar-refractivity contribution is 0.0358. The van der Waals surface area contributed by atoms with Gasteiger partial charge in [0.1, 0.15) is 5.75 Å². The normalized spacial score (nSPS) is 14.0. The fourth-order valence-electron chi connectivity index (χ4n) is 4.09. The molecule has 0 bridgehead atoms. The largest absolute Gasteiger partial charge is 0.494 e. The van der Waals surface area contributed by atoms with Crippen LogP contribution in [-0.2, 0) is 4.74 Å². The first-order valence-electron chi connectivity index (χ1n) is 12.1. The summed E-state index contributed by atoms with van der Waals surface area (Å²) in [6.45, 7) is 5.29. The zero-order valence-corrected chi connectivity index (χ0v) is 21.0. The Kier molecular flexibility index (Phi) is 7.70. The van der Waals surface area contributed by atoms with E-state index < -0.39 is 0 Å². The number of aromatic nitrogens is 2. The van der Waals surface area contributed by atoms with Crippen molar-refractivity contribution in [1.29, 1.82) is 0 Å². The molecular weight excluding hydrogens is 474 g/mol. The summed E-state index contributed by atoms with van der Waals surface area (Å²) in [5.41, 5.74) is 3.23. The third-order valence-electron chi connectivity index (χ3n) is 6.02. The maximum Gasteiger partial charge on any atom is 0.251 e. The first-order valence-corrected chi connectivity index (χ1v) is 13.0. The quantitative estimate of drug-likeness (QED) is 0.324. The Morgan fingerprint density at radius 2 is 1.94 bits per heavy atom. The molecule has 4 aromatic rings. The number of hydrogen-bond acceptors (Lipinski definition) is 8. The standard InChI is InChI=1S/C27H29N5O3S/c1-28-27(33)19-6-8-21(9-7-19)29-26-24-23(10-17-36-24)30-25(31-26)20-4-2-5-22(18-20)35-14-3-11-32-12-15-34-16-13-32/h2,4-10,17-18H,3,11-16H2,1H3,(H,28,33)(H,29,30,31). The highest BCUT2D eigenvalue weighted by molar-refractivity contribution is 7.17. The van der Waals surface area contributed by atoms with E-state index in [0.29, 0.717) is 18.0 Å². The van der Waals surface area contributed by atoms with Gasteiger partial charge in [0.25, 0.3) is 5.91 Å². The third kappa shape index (κ3) is 5.81. The van der Waals surface area contributed by atoms with Gasteiger partial charge in [-0.15, -0.1) is 11.3 Å². The number of benzene rings is 2. The van der Waals surface area contributed by atoms with Gasteiger partial charge < -0.3 is 20.1 Å². The SMILES string of the molecule is CNC(=O)c1ccc(Nc2nc(-c3cccc(OCCCN4CCOCC4)c3)nc3ccsc23)cc1. The second-order valence-corrected chi connectivity index (χ2v) is 9.41. The van der Waals surface area contributed by atoms with Crippen LogP contribution in [0.25, 0.3) is 21.6 Å². The smallest absolute Gasteiger partial charge is 0.251 e. The van der Waals surface area contributed by atoms with Gasteiger partial charge in [-0.05, 0) is 54.3 Å². The molecule has 0 spiro atoms. The number of ether oxygens (including phenoxy) is 2. The predicted molar refractivity (Wildman–Crippen MR) is 143 cm³/mol. The van der Waals surface area contributed by atoms with Gasteiger partial charge in [0, 0.05) is 43.5 Å². The summed E-state index contributed by atoms with van der Waals surface area (Å²) >= 11 is 1.59. The van der Waals surface area contributed by atoms with Crippen LogP contribution in [-0.4, -0.2) is 67.3 Å². The van der Waals surface area contributed by atoms with Crippen LogP contribution in [0.3, 0.4) is 0 Å². The molecule has 0 aliphatic carbocycles. The van der Waals surface area contributed by atoms with Crippen molar-refractivity contribution in [3.05, 3.63) is 65.5 Å². The molecule has 0 radical (unpaired) electrons. The number of rotatable bonds is 9. The molecule has 1 saturated heterocycles.